The molecule has 3 heterocycles. The molecule has 1 unspecified atom stereocenters. The van der Waals surface area contributed by atoms with Gasteiger partial charge in [-0.15, -0.1) is 0 Å². The second-order valence-electron chi connectivity index (χ2n) is 7.04. The van der Waals surface area contributed by atoms with E-state index >= 15 is 0 Å². The maximum absolute atomic E-state index is 13.1. The average Bonchev–Trinajstić information content (AvgIpc) is 3.23. The zero-order valence-electron chi connectivity index (χ0n) is 15.6. The molecule has 8 heteroatoms. The van der Waals surface area contributed by atoms with Gasteiger partial charge in [0.15, 0.2) is 0 Å². The number of hydrogen-bond donors (Lipinski definition) is 1. The molecule has 0 spiro atoms. The minimum atomic E-state index is -0.865. The molecule has 0 fully saturated rings. The van der Waals surface area contributed by atoms with Crippen LogP contribution in [0, 0.1) is 5.82 Å². The number of carbonyl (C=O) groups is 1. The van der Waals surface area contributed by atoms with Crippen molar-refractivity contribution in [3.63, 3.8) is 0 Å². The van der Waals surface area contributed by atoms with Gasteiger partial charge in [0.25, 0.3) is 0 Å². The van der Waals surface area contributed by atoms with Crippen molar-refractivity contribution in [3.8, 4) is 0 Å². The fraction of sp³-hybridized carbons (Fsp3) is 0.350. The fourth-order valence-electron chi connectivity index (χ4n) is 3.52. The van der Waals surface area contributed by atoms with Crippen LogP contribution >= 0.6 is 0 Å². The Kier molecular flexibility index (Phi) is 4.95. The summed E-state index contributed by atoms with van der Waals surface area (Å²) >= 11 is 0. The van der Waals surface area contributed by atoms with E-state index in [0.29, 0.717) is 31.0 Å². The first kappa shape index (κ1) is 18.4. The van der Waals surface area contributed by atoms with Gasteiger partial charge in [0, 0.05) is 26.3 Å². The zero-order valence-corrected chi connectivity index (χ0v) is 15.6. The highest BCUT2D eigenvalue weighted by Gasteiger charge is 2.24. The molecule has 0 radical (unpaired) electrons. The first-order valence-electron chi connectivity index (χ1n) is 9.26. The number of carbonyl (C=O) groups excluding carboxylic acids is 1. The SMILES string of the molecule is Cn1nccc1C(O)c1cc2n(n1)CCCN(C(=O)Cc1ccc(F)cc1)C2. The molecule has 0 aliphatic carbocycles. The van der Waals surface area contributed by atoms with E-state index in [-0.39, 0.29) is 18.1 Å². The topological polar surface area (TPSA) is 76.2 Å². The molecule has 3 aromatic rings. The molecular formula is C20H22FN5O2. The third kappa shape index (κ3) is 3.68. The summed E-state index contributed by atoms with van der Waals surface area (Å²) in [6.45, 7) is 1.77. The Balaban J connectivity index is 1.50. The molecular weight excluding hydrogens is 361 g/mol. The second kappa shape index (κ2) is 7.55. The van der Waals surface area contributed by atoms with Crippen LogP contribution in [0.3, 0.4) is 0 Å². The lowest BCUT2D eigenvalue weighted by Crippen LogP contribution is -2.32. The number of halogens is 1. The lowest BCUT2D eigenvalue weighted by molar-refractivity contribution is -0.131. The normalized spacial score (nSPS) is 15.2. The summed E-state index contributed by atoms with van der Waals surface area (Å²) in [5.41, 5.74) is 2.89. The minimum absolute atomic E-state index is 0.00464. The van der Waals surface area contributed by atoms with Crippen molar-refractivity contribution in [1.29, 1.82) is 0 Å². The van der Waals surface area contributed by atoms with Crippen molar-refractivity contribution >= 4 is 5.91 Å². The molecule has 2 aromatic heterocycles. The first-order valence-corrected chi connectivity index (χ1v) is 9.26. The van der Waals surface area contributed by atoms with Crippen LogP contribution in [0.1, 0.15) is 35.2 Å². The van der Waals surface area contributed by atoms with Crippen LogP contribution in [0.15, 0.2) is 42.6 Å². The standard InChI is InChI=1S/C20H22FN5O2/c1-24-18(7-8-22-24)20(28)17-12-16-13-25(9-2-10-26(16)23-17)19(27)11-14-3-5-15(21)6-4-14/h3-8,12,20,28H,2,9-11,13H2,1H3. The largest absolute Gasteiger partial charge is 0.380 e. The molecule has 1 aromatic carbocycles. The second-order valence-corrected chi connectivity index (χ2v) is 7.04. The fourth-order valence-corrected chi connectivity index (χ4v) is 3.52. The average molecular weight is 383 g/mol. The predicted molar refractivity (Wildman–Crippen MR) is 99.6 cm³/mol. The summed E-state index contributed by atoms with van der Waals surface area (Å²) in [5.74, 6) is -0.315. The van der Waals surface area contributed by atoms with Crippen molar-refractivity contribution < 1.29 is 14.3 Å². The van der Waals surface area contributed by atoms with E-state index in [9.17, 15) is 14.3 Å². The van der Waals surface area contributed by atoms with Crippen LogP contribution in [0.4, 0.5) is 4.39 Å². The number of fused-ring (bicyclic) bond motifs is 1. The van der Waals surface area contributed by atoms with Crippen molar-refractivity contribution in [3.05, 3.63) is 71.1 Å². The van der Waals surface area contributed by atoms with Crippen LogP contribution in [0.2, 0.25) is 0 Å². The maximum atomic E-state index is 13.1. The molecule has 0 saturated heterocycles. The van der Waals surface area contributed by atoms with Gasteiger partial charge in [0.05, 0.1) is 30.0 Å². The first-order chi connectivity index (χ1) is 13.5. The predicted octanol–water partition coefficient (Wildman–Crippen LogP) is 1.81. The van der Waals surface area contributed by atoms with Crippen LogP contribution < -0.4 is 0 Å². The summed E-state index contributed by atoms with van der Waals surface area (Å²) in [5, 5.41) is 19.3. The Morgan fingerprint density at radius 1 is 1.25 bits per heavy atom. The highest BCUT2D eigenvalue weighted by molar-refractivity contribution is 5.78. The van der Waals surface area contributed by atoms with Gasteiger partial charge in [0.2, 0.25) is 5.91 Å². The lowest BCUT2D eigenvalue weighted by Gasteiger charge is -2.20. The molecule has 146 valence electrons. The van der Waals surface area contributed by atoms with Gasteiger partial charge in [-0.1, -0.05) is 12.1 Å². The monoisotopic (exact) mass is 383 g/mol. The summed E-state index contributed by atoms with van der Waals surface area (Å²) in [6, 6.07) is 9.61. The number of amides is 1. The van der Waals surface area contributed by atoms with Gasteiger partial charge in [0.1, 0.15) is 11.9 Å². The Hall–Kier alpha value is -3.00. The number of nitrogens with zero attached hydrogens (tertiary/aromatic N) is 5. The number of aliphatic hydroxyl groups is 1. The van der Waals surface area contributed by atoms with E-state index in [2.05, 4.69) is 10.2 Å². The van der Waals surface area contributed by atoms with Crippen molar-refractivity contribution in [2.45, 2.75) is 32.0 Å². The van der Waals surface area contributed by atoms with Crippen LogP contribution in [-0.2, 0) is 31.4 Å². The number of aromatic nitrogens is 4. The molecule has 28 heavy (non-hydrogen) atoms. The molecule has 1 aliphatic rings. The van der Waals surface area contributed by atoms with E-state index in [1.807, 2.05) is 10.7 Å². The zero-order chi connectivity index (χ0) is 19.7. The molecule has 1 atom stereocenters. The van der Waals surface area contributed by atoms with Gasteiger partial charge in [-0.25, -0.2) is 4.39 Å². The van der Waals surface area contributed by atoms with Crippen LogP contribution in [-0.4, -0.2) is 42.0 Å². The lowest BCUT2D eigenvalue weighted by atomic mass is 10.1. The maximum Gasteiger partial charge on any atom is 0.227 e. The Labute approximate surface area is 162 Å². The molecule has 4 rings (SSSR count). The van der Waals surface area contributed by atoms with Gasteiger partial charge >= 0.3 is 0 Å². The van der Waals surface area contributed by atoms with E-state index in [0.717, 1.165) is 17.7 Å². The van der Waals surface area contributed by atoms with E-state index in [1.165, 1.54) is 12.1 Å². The Bertz CT molecular complexity index is 979. The number of aliphatic hydroxyl groups excluding tert-OH is 1. The third-order valence-electron chi connectivity index (χ3n) is 5.07. The van der Waals surface area contributed by atoms with Crippen LogP contribution in [0.25, 0.3) is 0 Å². The highest BCUT2D eigenvalue weighted by atomic mass is 19.1. The Morgan fingerprint density at radius 3 is 2.75 bits per heavy atom. The van der Waals surface area contributed by atoms with Gasteiger partial charge in [-0.05, 0) is 36.2 Å². The third-order valence-corrected chi connectivity index (χ3v) is 5.07. The Morgan fingerprint density at radius 2 is 2.04 bits per heavy atom. The van der Waals surface area contributed by atoms with Crippen LogP contribution in [0.5, 0.6) is 0 Å². The highest BCUT2D eigenvalue weighted by Crippen LogP contribution is 2.23. The molecule has 7 nitrogen and oxygen atoms in total. The summed E-state index contributed by atoms with van der Waals surface area (Å²) < 4.78 is 16.5. The summed E-state index contributed by atoms with van der Waals surface area (Å²) in [6.07, 6.45) is 1.79. The number of benzene rings is 1. The smallest absolute Gasteiger partial charge is 0.227 e. The quantitative estimate of drug-likeness (QED) is 0.746. The van der Waals surface area contributed by atoms with Gasteiger partial charge < -0.3 is 10.0 Å². The number of rotatable bonds is 4. The molecule has 0 bridgehead atoms. The van der Waals surface area contributed by atoms with Gasteiger partial charge in [-0.3, -0.25) is 14.2 Å². The summed E-state index contributed by atoms with van der Waals surface area (Å²) in [7, 11) is 1.77. The van der Waals surface area contributed by atoms with Gasteiger partial charge in [-0.2, -0.15) is 10.2 Å². The molecule has 1 N–H and O–H groups in total. The van der Waals surface area contributed by atoms with Crippen molar-refractivity contribution in [1.82, 2.24) is 24.5 Å². The van der Waals surface area contributed by atoms with Crippen molar-refractivity contribution in [2.75, 3.05) is 6.54 Å². The molecule has 0 saturated carbocycles. The number of aryl methyl sites for hydroxylation is 2. The number of hydrogen-bond acceptors (Lipinski definition) is 4. The van der Waals surface area contributed by atoms with Crippen molar-refractivity contribution in [2.24, 2.45) is 7.05 Å². The summed E-state index contributed by atoms with van der Waals surface area (Å²) in [4.78, 5) is 14.5. The molecule has 1 aliphatic heterocycles. The molecule has 1 amide bonds. The van der Waals surface area contributed by atoms with E-state index < -0.39 is 6.10 Å². The van der Waals surface area contributed by atoms with E-state index in [1.54, 1.807) is 41.0 Å². The van der Waals surface area contributed by atoms with E-state index in [4.69, 9.17) is 0 Å². The minimum Gasteiger partial charge on any atom is -0.380 e.